The first-order chi connectivity index (χ1) is 10.3. The molecule has 0 radical (unpaired) electrons. The van der Waals surface area contributed by atoms with Crippen LogP contribution in [0.4, 0.5) is 0 Å². The van der Waals surface area contributed by atoms with E-state index in [9.17, 15) is 4.79 Å². The molecule has 0 aromatic heterocycles. The summed E-state index contributed by atoms with van der Waals surface area (Å²) in [4.78, 5) is 12.2. The predicted molar refractivity (Wildman–Crippen MR) is 96.0 cm³/mol. The molecular formula is C19H22BrNO. The van der Waals surface area contributed by atoms with Crippen molar-refractivity contribution in [3.63, 3.8) is 0 Å². The molecule has 22 heavy (non-hydrogen) atoms. The monoisotopic (exact) mass is 359 g/mol. The largest absolute Gasteiger partial charge is 0.326 e. The van der Waals surface area contributed by atoms with Crippen molar-refractivity contribution in [1.29, 1.82) is 0 Å². The van der Waals surface area contributed by atoms with Crippen LogP contribution in [0.5, 0.6) is 0 Å². The Kier molecular flexibility index (Phi) is 5.54. The first-order valence-electron chi connectivity index (χ1n) is 7.53. The van der Waals surface area contributed by atoms with E-state index in [1.807, 2.05) is 50.2 Å². The second kappa shape index (κ2) is 7.21. The van der Waals surface area contributed by atoms with Gasteiger partial charge in [-0.2, -0.15) is 0 Å². The van der Waals surface area contributed by atoms with Crippen molar-refractivity contribution in [2.75, 3.05) is 0 Å². The van der Waals surface area contributed by atoms with E-state index in [1.165, 1.54) is 0 Å². The molecule has 0 atom stereocenters. The third kappa shape index (κ3) is 5.08. The van der Waals surface area contributed by atoms with Gasteiger partial charge in [-0.1, -0.05) is 52.3 Å². The molecule has 0 bridgehead atoms. The highest BCUT2D eigenvalue weighted by molar-refractivity contribution is 9.10. The summed E-state index contributed by atoms with van der Waals surface area (Å²) in [6, 6.07) is 16.0. The van der Waals surface area contributed by atoms with E-state index in [2.05, 4.69) is 28.1 Å². The molecule has 0 amide bonds. The van der Waals surface area contributed by atoms with Crippen LogP contribution < -0.4 is 5.73 Å². The number of ketones is 1. The third-order valence-corrected chi connectivity index (χ3v) is 4.14. The van der Waals surface area contributed by atoms with Gasteiger partial charge < -0.3 is 5.73 Å². The van der Waals surface area contributed by atoms with Crippen molar-refractivity contribution in [3.8, 4) is 11.1 Å². The molecule has 0 unspecified atom stereocenters. The zero-order valence-electron chi connectivity index (χ0n) is 13.1. The minimum Gasteiger partial charge on any atom is -0.326 e. The fourth-order valence-corrected chi connectivity index (χ4v) is 2.60. The minimum absolute atomic E-state index is 0.187. The third-order valence-electron chi connectivity index (χ3n) is 3.61. The van der Waals surface area contributed by atoms with E-state index >= 15 is 0 Å². The molecule has 2 aromatic rings. The molecule has 0 fully saturated rings. The number of benzene rings is 2. The summed E-state index contributed by atoms with van der Waals surface area (Å²) in [5.74, 6) is 0.187. The van der Waals surface area contributed by atoms with Gasteiger partial charge >= 0.3 is 0 Å². The van der Waals surface area contributed by atoms with Gasteiger partial charge in [-0.05, 0) is 49.9 Å². The lowest BCUT2D eigenvalue weighted by molar-refractivity contribution is 0.0978. The lowest BCUT2D eigenvalue weighted by atomic mass is 9.95. The Labute approximate surface area is 140 Å². The minimum atomic E-state index is -0.203. The Hall–Kier alpha value is -1.45. The smallest absolute Gasteiger partial charge is 0.162 e. The molecular weight excluding hydrogens is 338 g/mol. The van der Waals surface area contributed by atoms with Gasteiger partial charge in [-0.25, -0.2) is 0 Å². The van der Waals surface area contributed by atoms with Crippen molar-refractivity contribution in [2.24, 2.45) is 5.73 Å². The van der Waals surface area contributed by atoms with E-state index in [0.717, 1.165) is 34.0 Å². The highest BCUT2D eigenvalue weighted by Crippen LogP contribution is 2.22. The van der Waals surface area contributed by atoms with Gasteiger partial charge in [0.2, 0.25) is 0 Å². The van der Waals surface area contributed by atoms with E-state index in [1.54, 1.807) is 0 Å². The van der Waals surface area contributed by atoms with Crippen LogP contribution in [0.15, 0.2) is 53.0 Å². The fourth-order valence-electron chi connectivity index (χ4n) is 2.34. The van der Waals surface area contributed by atoms with Gasteiger partial charge in [-0.15, -0.1) is 0 Å². The highest BCUT2D eigenvalue weighted by Gasteiger charge is 2.12. The van der Waals surface area contributed by atoms with E-state index in [0.29, 0.717) is 6.42 Å². The summed E-state index contributed by atoms with van der Waals surface area (Å²) in [7, 11) is 0. The van der Waals surface area contributed by atoms with Crippen LogP contribution in [0.1, 0.15) is 43.5 Å². The maximum Gasteiger partial charge on any atom is 0.162 e. The Bertz CT molecular complexity index is 624. The number of Topliss-reactive ketones (excluding diaryl/α,β-unsaturated/α-hetero) is 1. The second-order valence-electron chi connectivity index (χ2n) is 6.35. The lowest BCUT2D eigenvalue weighted by Gasteiger charge is -2.17. The van der Waals surface area contributed by atoms with E-state index in [-0.39, 0.29) is 11.3 Å². The Morgan fingerprint density at radius 1 is 1.00 bits per heavy atom. The standard InChI is InChI=1S/C19H22BrNO/c1-19(2,21)13-3-4-18(22)16-7-5-14(6-8-16)15-9-11-17(20)12-10-15/h5-12H,3-4,13,21H2,1-2H3. The summed E-state index contributed by atoms with van der Waals surface area (Å²) >= 11 is 3.43. The van der Waals surface area contributed by atoms with Gasteiger partial charge in [0.25, 0.3) is 0 Å². The highest BCUT2D eigenvalue weighted by atomic mass is 79.9. The number of nitrogens with two attached hydrogens (primary N) is 1. The molecule has 2 rings (SSSR count). The van der Waals surface area contributed by atoms with Crippen LogP contribution in [-0.4, -0.2) is 11.3 Å². The Morgan fingerprint density at radius 3 is 2.00 bits per heavy atom. The van der Waals surface area contributed by atoms with Crippen molar-refractivity contribution >= 4 is 21.7 Å². The molecule has 3 heteroatoms. The molecule has 0 saturated heterocycles. The number of carbonyl (C=O) groups excluding carboxylic acids is 1. The molecule has 0 aliphatic carbocycles. The lowest BCUT2D eigenvalue weighted by Crippen LogP contribution is -2.31. The van der Waals surface area contributed by atoms with Crippen LogP contribution in [-0.2, 0) is 0 Å². The number of halogens is 1. The van der Waals surface area contributed by atoms with Crippen LogP contribution in [0.25, 0.3) is 11.1 Å². The molecule has 2 N–H and O–H groups in total. The molecule has 0 aliphatic rings. The second-order valence-corrected chi connectivity index (χ2v) is 7.27. The number of rotatable bonds is 6. The van der Waals surface area contributed by atoms with Crippen LogP contribution in [0.3, 0.4) is 0 Å². The van der Waals surface area contributed by atoms with Gasteiger partial charge in [0.15, 0.2) is 5.78 Å². The maximum absolute atomic E-state index is 12.2. The van der Waals surface area contributed by atoms with Gasteiger partial charge in [-0.3, -0.25) is 4.79 Å². The van der Waals surface area contributed by atoms with Gasteiger partial charge in [0, 0.05) is 22.0 Å². The van der Waals surface area contributed by atoms with Crippen molar-refractivity contribution < 1.29 is 4.79 Å². The molecule has 0 aliphatic heterocycles. The van der Waals surface area contributed by atoms with Crippen LogP contribution in [0, 0.1) is 0 Å². The maximum atomic E-state index is 12.2. The zero-order valence-corrected chi connectivity index (χ0v) is 14.7. The molecule has 116 valence electrons. The Balaban J connectivity index is 1.99. The quantitative estimate of drug-likeness (QED) is 0.719. The van der Waals surface area contributed by atoms with Crippen molar-refractivity contribution in [2.45, 2.75) is 38.6 Å². The van der Waals surface area contributed by atoms with Crippen molar-refractivity contribution in [3.05, 3.63) is 58.6 Å². The summed E-state index contributed by atoms with van der Waals surface area (Å²) in [6.45, 7) is 3.98. The summed E-state index contributed by atoms with van der Waals surface area (Å²) in [5, 5.41) is 0. The number of carbonyl (C=O) groups is 1. The first-order valence-corrected chi connectivity index (χ1v) is 8.32. The summed E-state index contributed by atoms with van der Waals surface area (Å²) < 4.78 is 1.06. The first kappa shape index (κ1) is 16.9. The average molecular weight is 360 g/mol. The van der Waals surface area contributed by atoms with E-state index < -0.39 is 0 Å². The number of hydrogen-bond acceptors (Lipinski definition) is 2. The van der Waals surface area contributed by atoms with E-state index in [4.69, 9.17) is 5.73 Å². The molecule has 2 nitrogen and oxygen atoms in total. The summed E-state index contributed by atoms with van der Waals surface area (Å²) in [5.41, 5.74) is 8.77. The SMILES string of the molecule is CC(C)(N)CCCC(=O)c1ccc(-c2ccc(Br)cc2)cc1. The summed E-state index contributed by atoms with van der Waals surface area (Å²) in [6.07, 6.45) is 2.24. The van der Waals surface area contributed by atoms with Gasteiger partial charge in [0.1, 0.15) is 0 Å². The average Bonchev–Trinajstić information content (AvgIpc) is 2.47. The van der Waals surface area contributed by atoms with Crippen LogP contribution in [0.2, 0.25) is 0 Å². The topological polar surface area (TPSA) is 43.1 Å². The van der Waals surface area contributed by atoms with Crippen LogP contribution >= 0.6 is 15.9 Å². The number of hydrogen-bond donors (Lipinski definition) is 1. The molecule has 0 spiro atoms. The molecule has 2 aromatic carbocycles. The fraction of sp³-hybridized carbons (Fsp3) is 0.316. The predicted octanol–water partition coefficient (Wildman–Crippen LogP) is 5.21. The zero-order chi connectivity index (χ0) is 16.2. The Morgan fingerprint density at radius 2 is 1.50 bits per heavy atom. The van der Waals surface area contributed by atoms with Gasteiger partial charge in [0.05, 0.1) is 0 Å². The normalized spacial score (nSPS) is 11.5. The molecule has 0 saturated carbocycles. The van der Waals surface area contributed by atoms with Crippen molar-refractivity contribution in [1.82, 2.24) is 0 Å². The molecule has 0 heterocycles.